The molecule has 2 aromatic carbocycles. The second kappa shape index (κ2) is 6.32. The zero-order valence-electron chi connectivity index (χ0n) is 17.1. The average Bonchev–Trinajstić information content (AvgIpc) is 2.71. The van der Waals surface area contributed by atoms with Crippen molar-refractivity contribution >= 4 is 11.9 Å². The smallest absolute Gasteiger partial charge is 0.181 e. The van der Waals surface area contributed by atoms with Crippen LogP contribution < -0.4 is 23.7 Å². The van der Waals surface area contributed by atoms with Gasteiger partial charge in [0.2, 0.25) is 0 Å². The molecule has 0 aliphatic carbocycles. The van der Waals surface area contributed by atoms with E-state index in [0.29, 0.717) is 39.9 Å². The number of phenols is 1. The molecular formula is C23H22O7. The lowest BCUT2D eigenvalue weighted by Gasteiger charge is -2.39. The van der Waals surface area contributed by atoms with Crippen molar-refractivity contribution in [2.24, 2.45) is 0 Å². The molecule has 3 aliphatic rings. The lowest BCUT2D eigenvalue weighted by atomic mass is 9.80. The van der Waals surface area contributed by atoms with Crippen molar-refractivity contribution in [1.29, 1.82) is 0 Å². The fourth-order valence-electron chi connectivity index (χ4n) is 4.27. The van der Waals surface area contributed by atoms with E-state index >= 15 is 0 Å². The quantitative estimate of drug-likeness (QED) is 0.808. The second-order valence-electron chi connectivity index (χ2n) is 8.10. The molecule has 2 aromatic rings. The summed E-state index contributed by atoms with van der Waals surface area (Å²) in [6.07, 6.45) is 3.23. The van der Waals surface area contributed by atoms with Crippen molar-refractivity contribution in [3.63, 3.8) is 0 Å². The van der Waals surface area contributed by atoms with E-state index in [1.807, 2.05) is 26.0 Å². The SMILES string of the molecule is COc1cc2c(cc1OC)[C@H]1C(=O)c3c(O)cc4c(c3O[C@@H]1CO2)C=CC(C)(C)O4. The van der Waals surface area contributed by atoms with Gasteiger partial charge in [0.05, 0.1) is 25.7 Å². The van der Waals surface area contributed by atoms with Crippen molar-refractivity contribution in [2.75, 3.05) is 20.8 Å². The molecule has 2 atom stereocenters. The van der Waals surface area contributed by atoms with Gasteiger partial charge in [-0.15, -0.1) is 0 Å². The molecule has 5 rings (SSSR count). The molecular weight excluding hydrogens is 388 g/mol. The first-order valence-electron chi connectivity index (χ1n) is 9.71. The van der Waals surface area contributed by atoms with Crippen LogP contribution in [0.3, 0.4) is 0 Å². The largest absolute Gasteiger partial charge is 0.507 e. The van der Waals surface area contributed by atoms with Crippen LogP contribution in [0.4, 0.5) is 0 Å². The topological polar surface area (TPSA) is 83.5 Å². The number of fused-ring (bicyclic) bond motifs is 6. The number of ketones is 1. The minimum absolute atomic E-state index is 0.158. The molecule has 0 fully saturated rings. The molecule has 0 bridgehead atoms. The zero-order valence-corrected chi connectivity index (χ0v) is 17.1. The van der Waals surface area contributed by atoms with Gasteiger partial charge in [0.25, 0.3) is 0 Å². The Kier molecular flexibility index (Phi) is 3.93. The molecule has 0 saturated carbocycles. The van der Waals surface area contributed by atoms with E-state index in [1.165, 1.54) is 13.2 Å². The molecule has 3 aliphatic heterocycles. The normalized spacial score (nSPS) is 22.3. The maximum atomic E-state index is 13.6. The van der Waals surface area contributed by atoms with Gasteiger partial charge in [-0.1, -0.05) is 0 Å². The standard InChI is InChI=1S/C23H22O7/c1-23(2)6-5-11-15(30-23)8-13(24)20-21(25)19-12-7-16(26-3)17(27-4)9-14(12)28-10-18(19)29-22(11)20/h5-9,18-19,24H,10H2,1-4H3/t18-,19-/m1/s1. The third kappa shape index (κ3) is 2.61. The fraction of sp³-hybridized carbons (Fsp3) is 0.348. The maximum absolute atomic E-state index is 13.6. The van der Waals surface area contributed by atoms with Crippen LogP contribution in [0.25, 0.3) is 6.08 Å². The molecule has 0 spiro atoms. The fourth-order valence-corrected chi connectivity index (χ4v) is 4.27. The van der Waals surface area contributed by atoms with Crippen LogP contribution in [0.2, 0.25) is 0 Å². The zero-order chi connectivity index (χ0) is 21.2. The lowest BCUT2D eigenvalue weighted by Crippen LogP contribution is -2.43. The maximum Gasteiger partial charge on any atom is 0.181 e. The number of ether oxygens (including phenoxy) is 5. The Bertz CT molecular complexity index is 1100. The predicted octanol–water partition coefficient (Wildman–Crippen LogP) is 3.71. The summed E-state index contributed by atoms with van der Waals surface area (Å²) in [5.41, 5.74) is 0.930. The summed E-state index contributed by atoms with van der Waals surface area (Å²) in [6, 6.07) is 4.92. The molecule has 0 radical (unpaired) electrons. The van der Waals surface area contributed by atoms with Gasteiger partial charge < -0.3 is 28.8 Å². The summed E-state index contributed by atoms with van der Waals surface area (Å²) in [6.45, 7) is 4.02. The number of Topliss-reactive ketones (excluding diaryl/α,β-unsaturated/α-hetero) is 1. The molecule has 156 valence electrons. The molecule has 30 heavy (non-hydrogen) atoms. The first-order valence-corrected chi connectivity index (χ1v) is 9.71. The summed E-state index contributed by atoms with van der Waals surface area (Å²) in [5, 5.41) is 10.7. The van der Waals surface area contributed by atoms with E-state index in [0.717, 1.165) is 0 Å². The number of carbonyl (C=O) groups is 1. The number of phenolic OH excluding ortho intramolecular Hbond substituents is 1. The van der Waals surface area contributed by atoms with Gasteiger partial charge in [0.1, 0.15) is 46.9 Å². The van der Waals surface area contributed by atoms with Crippen LogP contribution in [0.15, 0.2) is 24.3 Å². The molecule has 0 aromatic heterocycles. The first kappa shape index (κ1) is 18.7. The number of methoxy groups -OCH3 is 2. The number of aromatic hydroxyl groups is 1. The number of hydrogen-bond acceptors (Lipinski definition) is 7. The summed E-state index contributed by atoms with van der Waals surface area (Å²) in [4.78, 5) is 13.6. The van der Waals surface area contributed by atoms with E-state index in [-0.39, 0.29) is 23.7 Å². The van der Waals surface area contributed by atoms with Crippen molar-refractivity contribution in [3.8, 4) is 34.5 Å². The van der Waals surface area contributed by atoms with Gasteiger partial charge in [0, 0.05) is 17.7 Å². The van der Waals surface area contributed by atoms with Gasteiger partial charge in [-0.3, -0.25) is 4.79 Å². The van der Waals surface area contributed by atoms with E-state index in [1.54, 1.807) is 19.2 Å². The van der Waals surface area contributed by atoms with Crippen LogP contribution in [-0.4, -0.2) is 43.4 Å². The highest BCUT2D eigenvalue weighted by Crippen LogP contribution is 2.52. The summed E-state index contributed by atoms with van der Waals surface area (Å²) >= 11 is 0. The Morgan fingerprint density at radius 2 is 1.83 bits per heavy atom. The molecule has 3 heterocycles. The molecule has 7 nitrogen and oxygen atoms in total. The molecule has 7 heteroatoms. The monoisotopic (exact) mass is 410 g/mol. The van der Waals surface area contributed by atoms with Crippen LogP contribution in [0, 0.1) is 0 Å². The average molecular weight is 410 g/mol. The van der Waals surface area contributed by atoms with Crippen LogP contribution in [-0.2, 0) is 0 Å². The van der Waals surface area contributed by atoms with Crippen LogP contribution >= 0.6 is 0 Å². The van der Waals surface area contributed by atoms with Crippen LogP contribution in [0.5, 0.6) is 34.5 Å². The van der Waals surface area contributed by atoms with Gasteiger partial charge in [-0.2, -0.15) is 0 Å². The lowest BCUT2D eigenvalue weighted by molar-refractivity contribution is 0.0547. The van der Waals surface area contributed by atoms with Gasteiger partial charge in [0.15, 0.2) is 17.3 Å². The minimum atomic E-state index is -0.630. The van der Waals surface area contributed by atoms with E-state index in [4.69, 9.17) is 23.7 Å². The molecule has 0 amide bonds. The predicted molar refractivity (Wildman–Crippen MR) is 108 cm³/mol. The van der Waals surface area contributed by atoms with Crippen molar-refractivity contribution in [1.82, 2.24) is 0 Å². The van der Waals surface area contributed by atoms with E-state index in [9.17, 15) is 9.90 Å². The number of carbonyl (C=O) groups excluding carboxylic acids is 1. The number of rotatable bonds is 2. The Morgan fingerprint density at radius 1 is 1.10 bits per heavy atom. The van der Waals surface area contributed by atoms with Gasteiger partial charge >= 0.3 is 0 Å². The third-order valence-corrected chi connectivity index (χ3v) is 5.71. The van der Waals surface area contributed by atoms with Gasteiger partial charge in [-0.25, -0.2) is 0 Å². The highest BCUT2D eigenvalue weighted by molar-refractivity contribution is 6.08. The minimum Gasteiger partial charge on any atom is -0.507 e. The Hall–Kier alpha value is -3.35. The second-order valence-corrected chi connectivity index (χ2v) is 8.10. The summed E-state index contributed by atoms with van der Waals surface area (Å²) < 4.78 is 28.8. The number of hydrogen-bond donors (Lipinski definition) is 1. The summed E-state index contributed by atoms with van der Waals surface area (Å²) in [7, 11) is 3.07. The number of benzene rings is 2. The molecule has 0 saturated heterocycles. The molecule has 1 N–H and O–H groups in total. The Balaban J connectivity index is 1.65. The van der Waals surface area contributed by atoms with E-state index < -0.39 is 17.6 Å². The Morgan fingerprint density at radius 3 is 2.57 bits per heavy atom. The highest BCUT2D eigenvalue weighted by atomic mass is 16.5. The first-order chi connectivity index (χ1) is 14.3. The van der Waals surface area contributed by atoms with Crippen molar-refractivity contribution in [3.05, 3.63) is 41.0 Å². The third-order valence-electron chi connectivity index (χ3n) is 5.71. The highest BCUT2D eigenvalue weighted by Gasteiger charge is 2.46. The summed E-state index contributed by atoms with van der Waals surface area (Å²) in [5.74, 6) is 1.34. The van der Waals surface area contributed by atoms with E-state index in [2.05, 4.69) is 0 Å². The van der Waals surface area contributed by atoms with Crippen molar-refractivity contribution in [2.45, 2.75) is 31.5 Å². The van der Waals surface area contributed by atoms with Gasteiger partial charge in [-0.05, 0) is 32.1 Å². The molecule has 0 unspecified atom stereocenters. The Labute approximate surface area is 173 Å². The van der Waals surface area contributed by atoms with Crippen molar-refractivity contribution < 1.29 is 33.6 Å². The van der Waals surface area contributed by atoms with Crippen LogP contribution in [0.1, 0.15) is 41.3 Å².